The van der Waals surface area contributed by atoms with Crippen molar-refractivity contribution >= 4 is 27.4 Å². The van der Waals surface area contributed by atoms with Crippen molar-refractivity contribution in [3.8, 4) is 12.3 Å². The first kappa shape index (κ1) is 13.5. The monoisotopic (exact) mass is 276 g/mol. The molecular formula is C10H6ClFO4S. The van der Waals surface area contributed by atoms with Crippen molar-refractivity contribution in [2.45, 2.75) is 4.90 Å². The van der Waals surface area contributed by atoms with Crippen LogP contribution < -0.4 is 0 Å². The van der Waals surface area contributed by atoms with Crippen LogP contribution in [0.1, 0.15) is 10.4 Å². The predicted octanol–water partition coefficient (Wildman–Crippen LogP) is 1.58. The summed E-state index contributed by atoms with van der Waals surface area (Å²) in [6.07, 6.45) is 4.85. The van der Waals surface area contributed by atoms with Gasteiger partial charge in [-0.1, -0.05) is 17.5 Å². The Labute approximate surface area is 102 Å². The molecule has 0 atom stereocenters. The largest absolute Gasteiger partial charge is 0.478 e. The van der Waals surface area contributed by atoms with E-state index in [-0.39, 0.29) is 0 Å². The van der Waals surface area contributed by atoms with E-state index < -0.39 is 42.9 Å². The molecule has 0 aliphatic carbocycles. The summed E-state index contributed by atoms with van der Waals surface area (Å²) in [5, 5.41) is 8.08. The second-order valence-corrected chi connectivity index (χ2v) is 5.40. The normalized spacial score (nSPS) is 10.9. The quantitative estimate of drug-likeness (QED) is 0.851. The van der Waals surface area contributed by atoms with Gasteiger partial charge in [-0.25, -0.2) is 17.6 Å². The minimum absolute atomic E-state index is 0.505. The molecule has 0 aromatic heterocycles. The number of carboxylic acids is 1. The second kappa shape index (κ2) is 4.73. The topological polar surface area (TPSA) is 71.4 Å². The van der Waals surface area contributed by atoms with Gasteiger partial charge in [0, 0.05) is 0 Å². The van der Waals surface area contributed by atoms with Gasteiger partial charge in [-0.3, -0.25) is 0 Å². The van der Waals surface area contributed by atoms with E-state index in [0.717, 1.165) is 6.07 Å². The van der Waals surface area contributed by atoms with Crippen LogP contribution in [0.5, 0.6) is 0 Å². The molecule has 1 aromatic carbocycles. The average molecular weight is 277 g/mol. The number of sulfone groups is 1. The predicted molar refractivity (Wildman–Crippen MR) is 59.3 cm³/mol. The molecule has 1 aromatic rings. The smallest absolute Gasteiger partial charge is 0.337 e. The van der Waals surface area contributed by atoms with Crippen LogP contribution in [0.3, 0.4) is 0 Å². The molecule has 0 unspecified atom stereocenters. The molecule has 7 heteroatoms. The molecule has 0 spiro atoms. The van der Waals surface area contributed by atoms with Crippen LogP contribution in [-0.4, -0.2) is 25.2 Å². The van der Waals surface area contributed by atoms with Crippen LogP contribution in [0.15, 0.2) is 17.0 Å². The van der Waals surface area contributed by atoms with Crippen LogP contribution in [0.4, 0.5) is 4.39 Å². The zero-order valence-corrected chi connectivity index (χ0v) is 9.85. The maximum absolute atomic E-state index is 13.3. The molecular weight excluding hydrogens is 271 g/mol. The number of hydrogen-bond acceptors (Lipinski definition) is 3. The highest BCUT2D eigenvalue weighted by Gasteiger charge is 2.21. The van der Waals surface area contributed by atoms with E-state index in [0.29, 0.717) is 6.07 Å². The van der Waals surface area contributed by atoms with Gasteiger partial charge in [0.1, 0.15) is 11.6 Å². The van der Waals surface area contributed by atoms with Crippen molar-refractivity contribution in [1.82, 2.24) is 0 Å². The van der Waals surface area contributed by atoms with E-state index in [1.165, 1.54) is 0 Å². The van der Waals surface area contributed by atoms with Crippen LogP contribution >= 0.6 is 11.6 Å². The molecule has 0 heterocycles. The first-order valence-electron chi connectivity index (χ1n) is 4.18. The zero-order valence-electron chi connectivity index (χ0n) is 8.28. The van der Waals surface area contributed by atoms with Crippen molar-refractivity contribution in [3.63, 3.8) is 0 Å². The Balaban J connectivity index is 3.50. The Hall–Kier alpha value is -1.58. The summed E-state index contributed by atoms with van der Waals surface area (Å²) in [5.74, 6) is -1.39. The van der Waals surface area contributed by atoms with Crippen LogP contribution in [0.25, 0.3) is 0 Å². The maximum atomic E-state index is 13.3. The molecule has 90 valence electrons. The third kappa shape index (κ3) is 2.75. The number of hydrogen-bond donors (Lipinski definition) is 1. The van der Waals surface area contributed by atoms with Gasteiger partial charge in [0.05, 0.1) is 15.5 Å². The third-order valence-corrected chi connectivity index (χ3v) is 3.75. The molecule has 1 N–H and O–H groups in total. The number of benzene rings is 1. The lowest BCUT2D eigenvalue weighted by Gasteiger charge is -2.05. The van der Waals surface area contributed by atoms with Crippen molar-refractivity contribution in [2.75, 3.05) is 5.75 Å². The van der Waals surface area contributed by atoms with Crippen molar-refractivity contribution in [2.24, 2.45) is 0 Å². The lowest BCUT2D eigenvalue weighted by molar-refractivity contribution is 0.0696. The Morgan fingerprint density at radius 2 is 2.12 bits per heavy atom. The summed E-state index contributed by atoms with van der Waals surface area (Å²) in [4.78, 5) is 10.2. The van der Waals surface area contributed by atoms with Gasteiger partial charge in [0.25, 0.3) is 0 Å². The van der Waals surface area contributed by atoms with Gasteiger partial charge in [-0.15, -0.1) is 6.42 Å². The molecule has 0 amide bonds. The van der Waals surface area contributed by atoms with Crippen molar-refractivity contribution < 1.29 is 22.7 Å². The van der Waals surface area contributed by atoms with Crippen molar-refractivity contribution in [1.29, 1.82) is 0 Å². The highest BCUT2D eigenvalue weighted by molar-refractivity contribution is 7.91. The molecule has 0 saturated carbocycles. The lowest BCUT2D eigenvalue weighted by atomic mass is 10.2. The van der Waals surface area contributed by atoms with E-state index in [1.807, 2.05) is 5.92 Å². The number of rotatable bonds is 3. The molecule has 0 radical (unpaired) electrons. The highest BCUT2D eigenvalue weighted by Crippen LogP contribution is 2.25. The fourth-order valence-corrected chi connectivity index (χ4v) is 2.25. The molecule has 0 saturated heterocycles. The van der Waals surface area contributed by atoms with E-state index in [9.17, 15) is 17.6 Å². The first-order chi connectivity index (χ1) is 7.79. The number of terminal acetylenes is 1. The Bertz CT molecular complexity index is 616. The molecule has 17 heavy (non-hydrogen) atoms. The van der Waals surface area contributed by atoms with E-state index >= 15 is 0 Å². The Morgan fingerprint density at radius 3 is 2.59 bits per heavy atom. The summed E-state index contributed by atoms with van der Waals surface area (Å²) in [5.41, 5.74) is -0.623. The fraction of sp³-hybridized carbons (Fsp3) is 0.100. The van der Waals surface area contributed by atoms with E-state index in [1.54, 1.807) is 0 Å². The number of carbonyl (C=O) groups is 1. The van der Waals surface area contributed by atoms with E-state index in [4.69, 9.17) is 23.1 Å². The summed E-state index contributed by atoms with van der Waals surface area (Å²) in [6.45, 7) is 0. The van der Waals surface area contributed by atoms with Gasteiger partial charge in [0.15, 0.2) is 9.84 Å². The molecule has 0 aliphatic heterocycles. The third-order valence-electron chi connectivity index (χ3n) is 1.86. The first-order valence-corrected chi connectivity index (χ1v) is 6.21. The number of aromatic carboxylic acids is 1. The van der Waals surface area contributed by atoms with Gasteiger partial charge >= 0.3 is 5.97 Å². The lowest BCUT2D eigenvalue weighted by Crippen LogP contribution is -2.08. The van der Waals surface area contributed by atoms with Crippen LogP contribution in [0, 0.1) is 18.2 Å². The molecule has 0 fully saturated rings. The summed E-state index contributed by atoms with van der Waals surface area (Å²) >= 11 is 5.40. The number of carboxylic acid groups (broad SMARTS) is 1. The standard InChI is InChI=1S/C10H6ClFO4S/c1-2-3-17(15,16)6-4-7(10(13)14)9(11)8(12)5-6/h1,4-5H,3H2,(H,13,14). The van der Waals surface area contributed by atoms with E-state index in [2.05, 4.69) is 0 Å². The fourth-order valence-electron chi connectivity index (χ4n) is 1.09. The average Bonchev–Trinajstić information content (AvgIpc) is 2.21. The second-order valence-electron chi connectivity index (χ2n) is 3.04. The van der Waals surface area contributed by atoms with Crippen LogP contribution in [0.2, 0.25) is 5.02 Å². The number of halogens is 2. The minimum Gasteiger partial charge on any atom is -0.478 e. The summed E-state index contributed by atoms with van der Waals surface area (Å²) in [6, 6.07) is 1.42. The molecule has 4 nitrogen and oxygen atoms in total. The van der Waals surface area contributed by atoms with Crippen molar-refractivity contribution in [3.05, 3.63) is 28.5 Å². The Morgan fingerprint density at radius 1 is 1.53 bits per heavy atom. The molecule has 0 bridgehead atoms. The van der Waals surface area contributed by atoms with Crippen LogP contribution in [-0.2, 0) is 9.84 Å². The minimum atomic E-state index is -3.90. The summed E-state index contributed by atoms with van der Waals surface area (Å²) < 4.78 is 36.3. The van der Waals surface area contributed by atoms with Gasteiger partial charge in [-0.05, 0) is 12.1 Å². The molecule has 1 rings (SSSR count). The highest BCUT2D eigenvalue weighted by atomic mass is 35.5. The van der Waals surface area contributed by atoms with Gasteiger partial charge in [-0.2, -0.15) is 0 Å². The maximum Gasteiger partial charge on any atom is 0.337 e. The van der Waals surface area contributed by atoms with Gasteiger partial charge in [0.2, 0.25) is 0 Å². The van der Waals surface area contributed by atoms with Gasteiger partial charge < -0.3 is 5.11 Å². The molecule has 0 aliphatic rings. The zero-order chi connectivity index (χ0) is 13.2. The SMILES string of the molecule is C#CCS(=O)(=O)c1cc(F)c(Cl)c(C(=O)O)c1. The summed E-state index contributed by atoms with van der Waals surface area (Å²) in [7, 11) is -3.90. The Kier molecular flexibility index (Phi) is 3.76.